The first-order valence-electron chi connectivity index (χ1n) is 10.8. The summed E-state index contributed by atoms with van der Waals surface area (Å²) in [5.41, 5.74) is 6.20. The Bertz CT molecular complexity index is 1500. The van der Waals surface area contributed by atoms with Gasteiger partial charge in [0.1, 0.15) is 12.0 Å². The monoisotopic (exact) mass is 451 g/mol. The summed E-state index contributed by atoms with van der Waals surface area (Å²) in [6, 6.07) is 16.5. The van der Waals surface area contributed by atoms with Crippen molar-refractivity contribution in [1.29, 1.82) is 0 Å². The number of rotatable bonds is 7. The van der Waals surface area contributed by atoms with Crippen LogP contribution in [0.5, 0.6) is 0 Å². The summed E-state index contributed by atoms with van der Waals surface area (Å²) < 4.78 is 1.72. The van der Waals surface area contributed by atoms with Crippen LogP contribution in [0, 0.1) is 0 Å². The van der Waals surface area contributed by atoms with E-state index in [0.717, 1.165) is 39.0 Å². The molecule has 2 aromatic carbocycles. The summed E-state index contributed by atoms with van der Waals surface area (Å²) in [6.45, 7) is 0. The number of hydrogen-bond donors (Lipinski definition) is 2. The molecule has 0 radical (unpaired) electrons. The van der Waals surface area contributed by atoms with Crippen LogP contribution in [-0.2, 0) is 13.5 Å². The molecular weight excluding hydrogens is 430 g/mol. The average Bonchev–Trinajstić information content (AvgIpc) is 3.46. The van der Waals surface area contributed by atoms with Crippen LogP contribution in [0.2, 0.25) is 0 Å². The fraction of sp³-hybridized carbons (Fsp3) is 0.115. The first-order chi connectivity index (χ1) is 16.5. The standard InChI is InChI=1S/C26H21N5O3/c1-31-24(12-23(30-31)25(32)9-4-16-2-5-17(6-3-16)26(33)34)18-7-8-21-19(10-18)11-22(29-21)20-13-27-15-28-14-20/h2-3,5-8,10-15,29H,4,9H2,1H3,(H,33,34). The lowest BCUT2D eigenvalue weighted by molar-refractivity contribution is 0.0696. The van der Waals surface area contributed by atoms with Gasteiger partial charge in [0.15, 0.2) is 5.78 Å². The van der Waals surface area contributed by atoms with Crippen LogP contribution in [0.4, 0.5) is 0 Å². The van der Waals surface area contributed by atoms with Gasteiger partial charge in [-0.05, 0) is 48.4 Å². The highest BCUT2D eigenvalue weighted by Crippen LogP contribution is 2.28. The third-order valence-corrected chi connectivity index (χ3v) is 5.80. The fourth-order valence-electron chi connectivity index (χ4n) is 3.96. The Balaban J connectivity index is 1.34. The maximum absolute atomic E-state index is 12.8. The van der Waals surface area contributed by atoms with Crippen molar-refractivity contribution in [2.24, 2.45) is 7.05 Å². The molecule has 0 spiro atoms. The number of nitrogens with one attached hydrogen (secondary N) is 1. The number of aromatic carboxylic acids is 1. The smallest absolute Gasteiger partial charge is 0.335 e. The van der Waals surface area contributed by atoms with Gasteiger partial charge in [-0.15, -0.1) is 0 Å². The first kappa shape index (κ1) is 21.3. The van der Waals surface area contributed by atoms with Gasteiger partial charge < -0.3 is 10.1 Å². The number of carbonyl (C=O) groups is 2. The molecule has 0 saturated carbocycles. The molecule has 0 bridgehead atoms. The Morgan fingerprint density at radius 3 is 2.47 bits per heavy atom. The molecule has 0 aliphatic heterocycles. The van der Waals surface area contributed by atoms with Crippen molar-refractivity contribution in [3.05, 3.63) is 90.1 Å². The molecule has 0 fully saturated rings. The van der Waals surface area contributed by atoms with Gasteiger partial charge in [-0.2, -0.15) is 5.10 Å². The van der Waals surface area contributed by atoms with Crippen molar-refractivity contribution >= 4 is 22.7 Å². The van der Waals surface area contributed by atoms with Crippen molar-refractivity contribution in [3.63, 3.8) is 0 Å². The number of carboxylic acids is 1. The number of aryl methyl sites for hydroxylation is 2. The second-order valence-electron chi connectivity index (χ2n) is 8.08. The van der Waals surface area contributed by atoms with E-state index in [1.54, 1.807) is 41.3 Å². The zero-order valence-corrected chi connectivity index (χ0v) is 18.4. The van der Waals surface area contributed by atoms with Crippen molar-refractivity contribution in [2.45, 2.75) is 12.8 Å². The first-order valence-corrected chi connectivity index (χ1v) is 10.8. The molecule has 5 aromatic rings. The number of ketones is 1. The number of H-pyrrole nitrogens is 1. The average molecular weight is 451 g/mol. The van der Waals surface area contributed by atoms with Crippen LogP contribution in [0.15, 0.2) is 73.3 Å². The maximum Gasteiger partial charge on any atom is 0.335 e. The Morgan fingerprint density at radius 1 is 0.971 bits per heavy atom. The van der Waals surface area contributed by atoms with Gasteiger partial charge in [0, 0.05) is 53.6 Å². The molecule has 0 amide bonds. The van der Waals surface area contributed by atoms with E-state index in [9.17, 15) is 9.59 Å². The molecule has 3 aromatic heterocycles. The van der Waals surface area contributed by atoms with Crippen LogP contribution in [0.1, 0.15) is 32.8 Å². The summed E-state index contributed by atoms with van der Waals surface area (Å²) in [5, 5.41) is 14.5. The number of Topliss-reactive ketones (excluding diaryl/α,β-unsaturated/α-hetero) is 1. The van der Waals surface area contributed by atoms with Crippen molar-refractivity contribution in [1.82, 2.24) is 24.7 Å². The van der Waals surface area contributed by atoms with Crippen molar-refractivity contribution < 1.29 is 14.7 Å². The van der Waals surface area contributed by atoms with Gasteiger partial charge >= 0.3 is 5.97 Å². The fourth-order valence-corrected chi connectivity index (χ4v) is 3.96. The number of benzene rings is 2. The van der Waals surface area contributed by atoms with Crippen molar-refractivity contribution in [3.8, 4) is 22.5 Å². The lowest BCUT2D eigenvalue weighted by atomic mass is 10.0. The van der Waals surface area contributed by atoms with E-state index in [-0.39, 0.29) is 11.3 Å². The minimum atomic E-state index is -0.966. The third kappa shape index (κ3) is 4.21. The van der Waals surface area contributed by atoms with Crippen LogP contribution < -0.4 is 0 Å². The molecule has 0 unspecified atom stereocenters. The molecule has 0 atom stereocenters. The van der Waals surface area contributed by atoms with E-state index < -0.39 is 5.97 Å². The minimum Gasteiger partial charge on any atom is -0.478 e. The van der Waals surface area contributed by atoms with E-state index >= 15 is 0 Å². The SMILES string of the molecule is Cn1nc(C(=O)CCc2ccc(C(=O)O)cc2)cc1-c1ccc2[nH]c(-c3cncnc3)cc2c1. The molecule has 0 aliphatic rings. The number of fused-ring (bicyclic) bond motifs is 1. The molecule has 8 nitrogen and oxygen atoms in total. The Labute approximate surface area is 194 Å². The zero-order valence-electron chi connectivity index (χ0n) is 18.4. The predicted octanol–water partition coefficient (Wildman–Crippen LogP) is 4.54. The second-order valence-corrected chi connectivity index (χ2v) is 8.08. The quantitative estimate of drug-likeness (QED) is 0.351. The predicted molar refractivity (Wildman–Crippen MR) is 128 cm³/mol. The van der Waals surface area contributed by atoms with E-state index in [0.29, 0.717) is 18.5 Å². The summed E-state index contributed by atoms with van der Waals surface area (Å²) in [6.07, 6.45) is 5.84. The van der Waals surface area contributed by atoms with Crippen molar-refractivity contribution in [2.75, 3.05) is 0 Å². The van der Waals surface area contributed by atoms with Crippen LogP contribution >= 0.6 is 0 Å². The normalized spacial score (nSPS) is 11.1. The highest BCUT2D eigenvalue weighted by atomic mass is 16.4. The lowest BCUT2D eigenvalue weighted by Gasteiger charge is -2.01. The van der Waals surface area contributed by atoms with Gasteiger partial charge in [0.25, 0.3) is 0 Å². The number of carboxylic acid groups (broad SMARTS) is 1. The number of aromatic nitrogens is 5. The summed E-state index contributed by atoms with van der Waals surface area (Å²) in [7, 11) is 1.82. The van der Waals surface area contributed by atoms with Gasteiger partial charge in [-0.1, -0.05) is 18.2 Å². The molecule has 0 aliphatic carbocycles. The molecule has 168 valence electrons. The number of nitrogens with zero attached hydrogens (tertiary/aromatic N) is 4. The second kappa shape index (κ2) is 8.74. The van der Waals surface area contributed by atoms with E-state index in [1.807, 2.05) is 25.2 Å². The molecular formula is C26H21N5O3. The van der Waals surface area contributed by atoms with Gasteiger partial charge in [0.05, 0.1) is 11.3 Å². The van der Waals surface area contributed by atoms with Crippen LogP contribution in [-0.4, -0.2) is 41.6 Å². The van der Waals surface area contributed by atoms with E-state index in [4.69, 9.17) is 5.11 Å². The molecule has 0 saturated heterocycles. The lowest BCUT2D eigenvalue weighted by Crippen LogP contribution is -2.03. The Hall–Kier alpha value is -4.59. The summed E-state index contributed by atoms with van der Waals surface area (Å²) in [5.74, 6) is -1.02. The molecule has 34 heavy (non-hydrogen) atoms. The van der Waals surface area contributed by atoms with Gasteiger partial charge in [-0.3, -0.25) is 9.48 Å². The van der Waals surface area contributed by atoms with Crippen LogP contribution in [0.25, 0.3) is 33.4 Å². The van der Waals surface area contributed by atoms with Gasteiger partial charge in [-0.25, -0.2) is 14.8 Å². The van der Waals surface area contributed by atoms with Gasteiger partial charge in [0.2, 0.25) is 0 Å². The highest BCUT2D eigenvalue weighted by molar-refractivity contribution is 5.96. The minimum absolute atomic E-state index is 0.0572. The molecule has 3 heterocycles. The zero-order chi connectivity index (χ0) is 23.7. The number of hydrogen-bond acceptors (Lipinski definition) is 5. The Morgan fingerprint density at radius 2 is 1.74 bits per heavy atom. The number of aromatic amines is 1. The maximum atomic E-state index is 12.8. The molecule has 5 rings (SSSR count). The summed E-state index contributed by atoms with van der Waals surface area (Å²) >= 11 is 0. The summed E-state index contributed by atoms with van der Waals surface area (Å²) in [4.78, 5) is 35.3. The largest absolute Gasteiger partial charge is 0.478 e. The van der Waals surface area contributed by atoms with E-state index in [1.165, 1.54) is 6.33 Å². The van der Waals surface area contributed by atoms with Crippen LogP contribution in [0.3, 0.4) is 0 Å². The van der Waals surface area contributed by atoms with E-state index in [2.05, 4.69) is 32.2 Å². The Kier molecular flexibility index (Phi) is 5.47. The molecule has 2 N–H and O–H groups in total. The highest BCUT2D eigenvalue weighted by Gasteiger charge is 2.15. The number of carbonyl (C=O) groups excluding carboxylic acids is 1. The topological polar surface area (TPSA) is 114 Å². The molecule has 8 heteroatoms. The third-order valence-electron chi connectivity index (χ3n) is 5.80.